The maximum Gasteiger partial charge on any atom is 0.433 e. The van der Waals surface area contributed by atoms with Crippen LogP contribution in [-0.2, 0) is 10.9 Å². The van der Waals surface area contributed by atoms with Crippen LogP contribution in [0.15, 0.2) is 28.7 Å². The van der Waals surface area contributed by atoms with Crippen molar-refractivity contribution in [2.45, 2.75) is 12.5 Å². The van der Waals surface area contributed by atoms with Crippen LogP contribution in [0.25, 0.3) is 11.3 Å². The Hall–Kier alpha value is -1.09. The number of rotatable bonds is 2. The monoisotopic (exact) mass is 395 g/mol. The number of hydrogen-bond acceptors (Lipinski definition) is 3. The number of ether oxygens (including phenoxy) is 1. The van der Waals surface area contributed by atoms with Gasteiger partial charge < -0.3 is 4.74 Å². The molecule has 118 valence electrons. The summed E-state index contributed by atoms with van der Waals surface area (Å²) in [4.78, 5) is 0. The minimum atomic E-state index is -4.53. The van der Waals surface area contributed by atoms with E-state index >= 15 is 0 Å². The van der Waals surface area contributed by atoms with E-state index in [0.29, 0.717) is 28.2 Å². The second kappa shape index (κ2) is 5.84. The van der Waals surface area contributed by atoms with E-state index in [1.807, 2.05) is 0 Å². The molecule has 4 nitrogen and oxygen atoms in total. The molecule has 0 radical (unpaired) electrons. The highest BCUT2D eigenvalue weighted by Gasteiger charge is 2.38. The van der Waals surface area contributed by atoms with Crippen LogP contribution in [0.1, 0.15) is 12.0 Å². The average molecular weight is 397 g/mol. The lowest BCUT2D eigenvalue weighted by Crippen LogP contribution is -2.26. The molecule has 2 heterocycles. The van der Waals surface area contributed by atoms with Crippen molar-refractivity contribution in [1.82, 2.24) is 15.1 Å². The minimum absolute atomic E-state index is 0.188. The number of alkyl halides is 3. The molecule has 3 rings (SSSR count). The first-order valence-corrected chi connectivity index (χ1v) is 7.50. The standard InChI is InChI=1S/C13H10BrClF3N3O/c14-9-5-7(15)1-2-8(9)10-6-11(13(16,17)18)21(20-10)12-19-3-4-22-12/h1-2,5-6,12,19H,3-4H2. The molecule has 0 bridgehead atoms. The fraction of sp³-hybridized carbons (Fsp3) is 0.308. The van der Waals surface area contributed by atoms with Crippen molar-refractivity contribution in [1.29, 1.82) is 0 Å². The van der Waals surface area contributed by atoms with E-state index in [1.165, 1.54) is 0 Å². The first-order valence-electron chi connectivity index (χ1n) is 6.33. The van der Waals surface area contributed by atoms with Crippen LogP contribution in [0.2, 0.25) is 5.02 Å². The van der Waals surface area contributed by atoms with Crippen molar-refractivity contribution in [3.05, 3.63) is 39.5 Å². The minimum Gasteiger partial charge on any atom is -0.342 e. The van der Waals surface area contributed by atoms with Crippen LogP contribution in [0, 0.1) is 0 Å². The Morgan fingerprint density at radius 2 is 2.14 bits per heavy atom. The summed E-state index contributed by atoms with van der Waals surface area (Å²) in [5, 5.41) is 7.35. The van der Waals surface area contributed by atoms with E-state index in [9.17, 15) is 13.2 Å². The Kier molecular flexibility index (Phi) is 4.19. The lowest BCUT2D eigenvalue weighted by atomic mass is 10.1. The van der Waals surface area contributed by atoms with Gasteiger partial charge in [0.15, 0.2) is 0 Å². The number of aromatic nitrogens is 2. The Morgan fingerprint density at radius 1 is 1.36 bits per heavy atom. The predicted octanol–water partition coefficient (Wildman–Crippen LogP) is 4.06. The van der Waals surface area contributed by atoms with Crippen LogP contribution in [0.5, 0.6) is 0 Å². The Balaban J connectivity index is 2.09. The molecular formula is C13H10BrClF3N3O. The molecule has 1 aromatic heterocycles. The third-order valence-electron chi connectivity index (χ3n) is 3.15. The highest BCUT2D eigenvalue weighted by atomic mass is 79.9. The van der Waals surface area contributed by atoms with Gasteiger partial charge in [0.2, 0.25) is 6.35 Å². The molecule has 0 saturated carbocycles. The molecule has 1 aliphatic rings. The fourth-order valence-electron chi connectivity index (χ4n) is 2.18. The van der Waals surface area contributed by atoms with Crippen LogP contribution in [0.3, 0.4) is 0 Å². The second-order valence-corrected chi connectivity index (χ2v) is 5.95. The molecule has 0 amide bonds. The van der Waals surface area contributed by atoms with Gasteiger partial charge in [-0.3, -0.25) is 5.32 Å². The number of halogens is 5. The molecule has 1 aliphatic heterocycles. The van der Waals surface area contributed by atoms with E-state index in [4.69, 9.17) is 16.3 Å². The zero-order valence-corrected chi connectivity index (χ0v) is 13.3. The van der Waals surface area contributed by atoms with Gasteiger partial charge in [0.25, 0.3) is 0 Å². The van der Waals surface area contributed by atoms with Crippen molar-refractivity contribution in [3.8, 4) is 11.3 Å². The average Bonchev–Trinajstić information content (AvgIpc) is 3.06. The lowest BCUT2D eigenvalue weighted by Gasteiger charge is -2.15. The van der Waals surface area contributed by atoms with Crippen molar-refractivity contribution in [2.75, 3.05) is 13.2 Å². The first-order chi connectivity index (χ1) is 10.4. The van der Waals surface area contributed by atoms with E-state index in [0.717, 1.165) is 10.7 Å². The summed E-state index contributed by atoms with van der Waals surface area (Å²) in [5.41, 5.74) is -0.163. The number of nitrogens with one attached hydrogen (secondary N) is 1. The van der Waals surface area contributed by atoms with Gasteiger partial charge >= 0.3 is 6.18 Å². The highest BCUT2D eigenvalue weighted by molar-refractivity contribution is 9.10. The van der Waals surface area contributed by atoms with Crippen LogP contribution in [0.4, 0.5) is 13.2 Å². The van der Waals surface area contributed by atoms with Gasteiger partial charge in [0.05, 0.1) is 12.3 Å². The quantitative estimate of drug-likeness (QED) is 0.832. The molecule has 1 unspecified atom stereocenters. The smallest absolute Gasteiger partial charge is 0.342 e. The second-order valence-electron chi connectivity index (χ2n) is 4.66. The normalized spacial score (nSPS) is 18.9. The van der Waals surface area contributed by atoms with E-state index in [2.05, 4.69) is 26.3 Å². The van der Waals surface area contributed by atoms with E-state index < -0.39 is 18.2 Å². The molecule has 2 aromatic rings. The Bertz CT molecular complexity index is 698. The van der Waals surface area contributed by atoms with E-state index in [1.54, 1.807) is 18.2 Å². The van der Waals surface area contributed by atoms with E-state index in [-0.39, 0.29) is 5.69 Å². The van der Waals surface area contributed by atoms with Gasteiger partial charge in [-0.05, 0) is 18.2 Å². The SMILES string of the molecule is FC(F)(F)c1cc(-c2ccc(Cl)cc2Br)nn1C1NCCO1. The van der Waals surface area contributed by atoms with Gasteiger partial charge in [0, 0.05) is 21.6 Å². The molecule has 1 fully saturated rings. The molecule has 22 heavy (non-hydrogen) atoms. The third kappa shape index (κ3) is 3.01. The zero-order valence-electron chi connectivity index (χ0n) is 11.0. The molecular weight excluding hydrogens is 387 g/mol. The predicted molar refractivity (Wildman–Crippen MR) is 78.4 cm³/mol. The van der Waals surface area contributed by atoms with Crippen LogP contribution < -0.4 is 5.32 Å². The maximum atomic E-state index is 13.2. The molecule has 1 aromatic carbocycles. The molecule has 1 atom stereocenters. The molecule has 0 aliphatic carbocycles. The molecule has 1 saturated heterocycles. The fourth-order valence-corrected chi connectivity index (χ4v) is 3.07. The van der Waals surface area contributed by atoms with Crippen molar-refractivity contribution < 1.29 is 17.9 Å². The van der Waals surface area contributed by atoms with Crippen LogP contribution >= 0.6 is 27.5 Å². The summed E-state index contributed by atoms with van der Waals surface area (Å²) < 4.78 is 46.3. The first kappa shape index (κ1) is 15.8. The summed E-state index contributed by atoms with van der Waals surface area (Å²) in [6.07, 6.45) is -5.45. The van der Waals surface area contributed by atoms with Gasteiger partial charge in [-0.1, -0.05) is 33.6 Å². The maximum absolute atomic E-state index is 13.2. The van der Waals surface area contributed by atoms with Crippen LogP contribution in [-0.4, -0.2) is 22.9 Å². The molecule has 9 heteroatoms. The number of nitrogens with zero attached hydrogens (tertiary/aromatic N) is 2. The topological polar surface area (TPSA) is 39.1 Å². The van der Waals surface area contributed by atoms with Gasteiger partial charge in [0.1, 0.15) is 5.69 Å². The largest absolute Gasteiger partial charge is 0.433 e. The van der Waals surface area contributed by atoms with Crippen molar-refractivity contribution in [3.63, 3.8) is 0 Å². The number of benzene rings is 1. The summed E-state index contributed by atoms with van der Waals surface area (Å²) >= 11 is 9.14. The Labute approximate surface area is 137 Å². The van der Waals surface area contributed by atoms with Gasteiger partial charge in [-0.2, -0.15) is 18.3 Å². The Morgan fingerprint density at radius 3 is 2.73 bits per heavy atom. The van der Waals surface area contributed by atoms with Gasteiger partial charge in [-0.25, -0.2) is 4.68 Å². The number of hydrogen-bond donors (Lipinski definition) is 1. The third-order valence-corrected chi connectivity index (χ3v) is 4.04. The summed E-state index contributed by atoms with van der Waals surface area (Å²) in [6.45, 7) is 0.809. The molecule has 1 N–H and O–H groups in total. The summed E-state index contributed by atoms with van der Waals surface area (Å²) in [6, 6.07) is 5.81. The summed E-state index contributed by atoms with van der Waals surface area (Å²) in [7, 11) is 0. The lowest BCUT2D eigenvalue weighted by molar-refractivity contribution is -0.149. The van der Waals surface area contributed by atoms with Gasteiger partial charge in [-0.15, -0.1) is 0 Å². The summed E-state index contributed by atoms with van der Waals surface area (Å²) in [5.74, 6) is 0. The van der Waals surface area contributed by atoms with Crippen molar-refractivity contribution >= 4 is 27.5 Å². The zero-order chi connectivity index (χ0) is 15.9. The molecule has 0 spiro atoms. The van der Waals surface area contributed by atoms with Crippen molar-refractivity contribution in [2.24, 2.45) is 0 Å². The highest BCUT2D eigenvalue weighted by Crippen LogP contribution is 2.36.